The Hall–Kier alpha value is -2.54. The number of ether oxygens (including phenoxy) is 1. The topological polar surface area (TPSA) is 81.4 Å². The summed E-state index contributed by atoms with van der Waals surface area (Å²) < 4.78 is 38.3. The summed E-state index contributed by atoms with van der Waals surface area (Å²) in [5, 5.41) is 0. The maximum absolute atomic E-state index is 12.6. The predicted molar refractivity (Wildman–Crippen MR) is 87.3 cm³/mol. The molecule has 0 spiro atoms. The number of hydrogen-bond acceptors (Lipinski definition) is 5. The van der Waals surface area contributed by atoms with Gasteiger partial charge in [-0.05, 0) is 36.8 Å². The molecular formula is C16H16N2O4S. The summed E-state index contributed by atoms with van der Waals surface area (Å²) in [7, 11) is -2.27. The lowest BCUT2D eigenvalue weighted by atomic mass is 10.2. The Morgan fingerprint density at radius 3 is 2.65 bits per heavy atom. The normalized spacial score (nSPS) is 11.6. The second-order valence-electron chi connectivity index (χ2n) is 5.17. The minimum absolute atomic E-state index is 0.102. The van der Waals surface area contributed by atoms with Gasteiger partial charge in [-0.3, -0.25) is 4.72 Å². The number of aryl methyl sites for hydroxylation is 2. The van der Waals surface area contributed by atoms with E-state index in [1.807, 2.05) is 13.0 Å². The van der Waals surface area contributed by atoms with Gasteiger partial charge in [0.15, 0.2) is 11.5 Å². The smallest absolute Gasteiger partial charge is 0.262 e. The van der Waals surface area contributed by atoms with Gasteiger partial charge in [-0.1, -0.05) is 6.07 Å². The molecule has 1 N–H and O–H groups in total. The first kappa shape index (κ1) is 15.4. The molecule has 1 aromatic heterocycles. The van der Waals surface area contributed by atoms with Gasteiger partial charge in [-0.15, -0.1) is 0 Å². The molecule has 3 rings (SSSR count). The van der Waals surface area contributed by atoms with Crippen molar-refractivity contribution in [2.75, 3.05) is 11.8 Å². The Kier molecular flexibility index (Phi) is 3.73. The van der Waals surface area contributed by atoms with Crippen LogP contribution in [0.4, 0.5) is 5.69 Å². The number of hydrogen-bond donors (Lipinski definition) is 1. The fourth-order valence-electron chi connectivity index (χ4n) is 2.29. The summed E-state index contributed by atoms with van der Waals surface area (Å²) in [5.41, 5.74) is 2.36. The molecule has 0 aliphatic heterocycles. The second kappa shape index (κ2) is 5.58. The van der Waals surface area contributed by atoms with Crippen LogP contribution < -0.4 is 9.46 Å². The Bertz CT molecular complexity index is 977. The summed E-state index contributed by atoms with van der Waals surface area (Å²) in [4.78, 5) is 4.26. The van der Waals surface area contributed by atoms with Crippen molar-refractivity contribution in [2.45, 2.75) is 18.7 Å². The molecular weight excluding hydrogens is 316 g/mol. The van der Waals surface area contributed by atoms with Crippen LogP contribution in [0.5, 0.6) is 5.75 Å². The van der Waals surface area contributed by atoms with Crippen LogP contribution in [-0.4, -0.2) is 20.5 Å². The van der Waals surface area contributed by atoms with Gasteiger partial charge in [0.25, 0.3) is 10.0 Å². The van der Waals surface area contributed by atoms with E-state index in [0.29, 0.717) is 28.4 Å². The molecule has 0 aliphatic carbocycles. The zero-order valence-electron chi connectivity index (χ0n) is 13.0. The molecule has 2 aromatic carbocycles. The van der Waals surface area contributed by atoms with Crippen molar-refractivity contribution in [3.8, 4) is 5.75 Å². The summed E-state index contributed by atoms with van der Waals surface area (Å²) in [6.45, 7) is 3.59. The van der Waals surface area contributed by atoms with Gasteiger partial charge in [0.1, 0.15) is 11.3 Å². The largest absolute Gasteiger partial charge is 0.495 e. The van der Waals surface area contributed by atoms with Crippen LogP contribution in [0.3, 0.4) is 0 Å². The second-order valence-corrected chi connectivity index (χ2v) is 6.85. The third-order valence-electron chi connectivity index (χ3n) is 3.38. The quantitative estimate of drug-likeness (QED) is 0.793. The van der Waals surface area contributed by atoms with E-state index >= 15 is 0 Å². The number of anilines is 1. The van der Waals surface area contributed by atoms with E-state index < -0.39 is 10.0 Å². The van der Waals surface area contributed by atoms with Crippen LogP contribution in [0.15, 0.2) is 45.7 Å². The first-order chi connectivity index (χ1) is 10.9. The Labute approximate surface area is 134 Å². The Morgan fingerprint density at radius 1 is 1.13 bits per heavy atom. The highest BCUT2D eigenvalue weighted by molar-refractivity contribution is 7.92. The summed E-state index contributed by atoms with van der Waals surface area (Å²) in [6, 6.07) is 9.85. The molecule has 23 heavy (non-hydrogen) atoms. The van der Waals surface area contributed by atoms with E-state index in [1.165, 1.54) is 19.2 Å². The van der Waals surface area contributed by atoms with Crippen LogP contribution in [0, 0.1) is 13.8 Å². The molecule has 0 saturated carbocycles. The van der Waals surface area contributed by atoms with Crippen LogP contribution in [0.2, 0.25) is 0 Å². The molecule has 0 amide bonds. The monoisotopic (exact) mass is 332 g/mol. The van der Waals surface area contributed by atoms with Gasteiger partial charge in [-0.25, -0.2) is 13.4 Å². The van der Waals surface area contributed by atoms with E-state index in [-0.39, 0.29) is 4.90 Å². The molecule has 3 aromatic rings. The molecule has 0 saturated heterocycles. The van der Waals surface area contributed by atoms with E-state index in [4.69, 9.17) is 9.15 Å². The van der Waals surface area contributed by atoms with Gasteiger partial charge in [0.05, 0.1) is 17.7 Å². The Morgan fingerprint density at radius 2 is 1.91 bits per heavy atom. The maximum Gasteiger partial charge on any atom is 0.262 e. The van der Waals surface area contributed by atoms with Crippen molar-refractivity contribution in [2.24, 2.45) is 0 Å². The number of nitrogens with zero attached hydrogens (tertiary/aromatic N) is 1. The van der Waals surface area contributed by atoms with Gasteiger partial charge in [0, 0.05) is 13.0 Å². The lowest BCUT2D eigenvalue weighted by molar-refractivity contribution is 0.417. The molecule has 0 unspecified atom stereocenters. The van der Waals surface area contributed by atoms with Gasteiger partial charge in [0.2, 0.25) is 0 Å². The lowest BCUT2D eigenvalue weighted by Gasteiger charge is -2.12. The number of fused-ring (bicyclic) bond motifs is 1. The lowest BCUT2D eigenvalue weighted by Crippen LogP contribution is -2.13. The molecule has 0 radical (unpaired) electrons. The summed E-state index contributed by atoms with van der Waals surface area (Å²) in [5.74, 6) is 0.943. The van der Waals surface area contributed by atoms with Crippen molar-refractivity contribution in [3.63, 3.8) is 0 Å². The molecule has 1 heterocycles. The minimum Gasteiger partial charge on any atom is -0.495 e. The first-order valence-electron chi connectivity index (χ1n) is 6.94. The summed E-state index contributed by atoms with van der Waals surface area (Å²) >= 11 is 0. The maximum atomic E-state index is 12.6. The molecule has 0 fully saturated rings. The number of aromatic nitrogens is 1. The fourth-order valence-corrected chi connectivity index (χ4v) is 3.37. The number of sulfonamides is 1. The van der Waals surface area contributed by atoms with Crippen molar-refractivity contribution in [3.05, 3.63) is 47.9 Å². The van der Waals surface area contributed by atoms with Gasteiger partial charge < -0.3 is 9.15 Å². The van der Waals surface area contributed by atoms with Gasteiger partial charge in [-0.2, -0.15) is 0 Å². The highest BCUT2D eigenvalue weighted by atomic mass is 32.2. The summed E-state index contributed by atoms with van der Waals surface area (Å²) in [6.07, 6.45) is 0. The average molecular weight is 332 g/mol. The third-order valence-corrected chi connectivity index (χ3v) is 4.74. The number of nitrogens with one attached hydrogen (secondary N) is 1. The number of methoxy groups -OCH3 is 1. The predicted octanol–water partition coefficient (Wildman–Crippen LogP) is 3.25. The van der Waals surface area contributed by atoms with Crippen LogP contribution >= 0.6 is 0 Å². The zero-order valence-corrected chi connectivity index (χ0v) is 13.8. The van der Waals surface area contributed by atoms with E-state index in [1.54, 1.807) is 25.1 Å². The third kappa shape index (κ3) is 3.00. The average Bonchev–Trinajstić information content (AvgIpc) is 2.86. The standard InChI is InChI=1S/C16H16N2O4S/c1-10-4-7-15(21-3)14(8-10)18-23(19,20)12-5-6-13-16(9-12)22-11(2)17-13/h4-9,18H,1-3H3. The van der Waals surface area contributed by atoms with Crippen molar-refractivity contribution >= 4 is 26.8 Å². The van der Waals surface area contributed by atoms with E-state index in [9.17, 15) is 8.42 Å². The first-order valence-corrected chi connectivity index (χ1v) is 8.42. The van der Waals surface area contributed by atoms with Crippen molar-refractivity contribution in [1.82, 2.24) is 4.98 Å². The minimum atomic E-state index is -3.76. The Balaban J connectivity index is 2.01. The van der Waals surface area contributed by atoms with E-state index in [2.05, 4.69) is 9.71 Å². The SMILES string of the molecule is COc1ccc(C)cc1NS(=O)(=O)c1ccc2nc(C)oc2c1. The zero-order chi connectivity index (χ0) is 16.6. The highest BCUT2D eigenvalue weighted by Crippen LogP contribution is 2.28. The highest BCUT2D eigenvalue weighted by Gasteiger charge is 2.18. The molecule has 7 heteroatoms. The van der Waals surface area contributed by atoms with E-state index in [0.717, 1.165) is 5.56 Å². The van der Waals surface area contributed by atoms with Crippen LogP contribution in [-0.2, 0) is 10.0 Å². The molecule has 6 nitrogen and oxygen atoms in total. The van der Waals surface area contributed by atoms with Crippen molar-refractivity contribution in [1.29, 1.82) is 0 Å². The van der Waals surface area contributed by atoms with Crippen LogP contribution in [0.1, 0.15) is 11.5 Å². The molecule has 0 aliphatic rings. The molecule has 120 valence electrons. The van der Waals surface area contributed by atoms with Crippen LogP contribution in [0.25, 0.3) is 11.1 Å². The molecule has 0 bridgehead atoms. The van der Waals surface area contributed by atoms with Crippen molar-refractivity contribution < 1.29 is 17.6 Å². The number of benzene rings is 2. The van der Waals surface area contributed by atoms with Gasteiger partial charge >= 0.3 is 0 Å². The molecule has 0 atom stereocenters. The fraction of sp³-hybridized carbons (Fsp3) is 0.188. The number of oxazole rings is 1. The number of rotatable bonds is 4.